The first-order chi connectivity index (χ1) is 9.97. The van der Waals surface area contributed by atoms with Crippen molar-refractivity contribution in [2.24, 2.45) is 20.0 Å². The Balaban J connectivity index is 1.95. The standard InChI is InChI=1S/C14H20N6S/c1-8(2)10(12-15-6-7-19(12)4)16-14-17-13-11(21-14)9(3)18-20(13)5/h6-8,10H,1-5H3,(H,16,17). The molecule has 1 unspecified atom stereocenters. The van der Waals surface area contributed by atoms with Gasteiger partial charge in [0.15, 0.2) is 10.8 Å². The average Bonchev–Trinajstić information content (AvgIpc) is 3.06. The van der Waals surface area contributed by atoms with Gasteiger partial charge in [0.25, 0.3) is 0 Å². The van der Waals surface area contributed by atoms with Crippen LogP contribution >= 0.6 is 11.3 Å². The van der Waals surface area contributed by atoms with Crippen LogP contribution in [-0.2, 0) is 14.1 Å². The number of nitrogens with zero attached hydrogens (tertiary/aromatic N) is 5. The molecular formula is C14H20N6S. The van der Waals surface area contributed by atoms with Gasteiger partial charge in [0.05, 0.1) is 16.4 Å². The van der Waals surface area contributed by atoms with Crippen molar-refractivity contribution in [1.82, 2.24) is 24.3 Å². The van der Waals surface area contributed by atoms with Gasteiger partial charge in [0.2, 0.25) is 0 Å². The molecule has 0 saturated heterocycles. The summed E-state index contributed by atoms with van der Waals surface area (Å²) in [4.78, 5) is 9.14. The fraction of sp³-hybridized carbons (Fsp3) is 0.500. The van der Waals surface area contributed by atoms with Crippen molar-refractivity contribution in [3.05, 3.63) is 23.9 Å². The molecule has 0 saturated carbocycles. The van der Waals surface area contributed by atoms with Gasteiger partial charge in [-0.05, 0) is 12.8 Å². The van der Waals surface area contributed by atoms with Gasteiger partial charge >= 0.3 is 0 Å². The molecule has 0 radical (unpaired) electrons. The highest BCUT2D eigenvalue weighted by molar-refractivity contribution is 7.22. The van der Waals surface area contributed by atoms with Gasteiger partial charge in [-0.15, -0.1) is 0 Å². The number of nitrogens with one attached hydrogen (secondary N) is 1. The van der Waals surface area contributed by atoms with E-state index in [9.17, 15) is 0 Å². The Hall–Kier alpha value is -1.89. The van der Waals surface area contributed by atoms with E-state index in [2.05, 4.69) is 38.8 Å². The minimum absolute atomic E-state index is 0.138. The number of anilines is 1. The van der Waals surface area contributed by atoms with Gasteiger partial charge in [-0.1, -0.05) is 25.2 Å². The molecule has 0 bridgehead atoms. The maximum atomic E-state index is 4.67. The first-order valence-corrected chi connectivity index (χ1v) is 7.83. The van der Waals surface area contributed by atoms with Crippen molar-refractivity contribution < 1.29 is 0 Å². The predicted molar refractivity (Wildman–Crippen MR) is 85.5 cm³/mol. The Bertz CT molecular complexity index is 731. The van der Waals surface area contributed by atoms with Gasteiger partial charge in [-0.2, -0.15) is 5.10 Å². The highest BCUT2D eigenvalue weighted by Gasteiger charge is 2.22. The third-order valence-electron chi connectivity index (χ3n) is 3.63. The second-order valence-corrected chi connectivity index (χ2v) is 6.64. The van der Waals surface area contributed by atoms with Crippen molar-refractivity contribution in [2.45, 2.75) is 26.8 Å². The molecule has 3 heterocycles. The van der Waals surface area contributed by atoms with Crippen LogP contribution in [-0.4, -0.2) is 24.3 Å². The molecule has 3 aromatic heterocycles. The van der Waals surface area contributed by atoms with E-state index in [0.717, 1.165) is 27.0 Å². The Morgan fingerprint density at radius 2 is 2.05 bits per heavy atom. The Morgan fingerprint density at radius 3 is 2.62 bits per heavy atom. The normalized spacial score (nSPS) is 13.2. The number of hydrogen-bond donors (Lipinski definition) is 1. The minimum Gasteiger partial charge on any atom is -0.351 e. The summed E-state index contributed by atoms with van der Waals surface area (Å²) in [5, 5.41) is 8.84. The van der Waals surface area contributed by atoms with Gasteiger partial charge in [-0.25, -0.2) is 14.6 Å². The Labute approximate surface area is 127 Å². The second-order valence-electron chi connectivity index (χ2n) is 5.64. The molecule has 0 amide bonds. The monoisotopic (exact) mass is 304 g/mol. The van der Waals surface area contributed by atoms with E-state index in [1.165, 1.54) is 0 Å². The van der Waals surface area contributed by atoms with Crippen molar-refractivity contribution in [3.63, 3.8) is 0 Å². The lowest BCUT2D eigenvalue weighted by Gasteiger charge is -2.21. The summed E-state index contributed by atoms with van der Waals surface area (Å²) in [7, 11) is 3.95. The number of fused-ring (bicyclic) bond motifs is 1. The molecule has 0 aromatic carbocycles. The highest BCUT2D eigenvalue weighted by atomic mass is 32.1. The zero-order valence-electron chi connectivity index (χ0n) is 13.0. The predicted octanol–water partition coefficient (Wildman–Crippen LogP) is 2.88. The summed E-state index contributed by atoms with van der Waals surface area (Å²) in [6.45, 7) is 6.39. The molecule has 0 aliphatic rings. The summed E-state index contributed by atoms with van der Waals surface area (Å²) in [5.41, 5.74) is 1.96. The number of hydrogen-bond acceptors (Lipinski definition) is 5. The zero-order chi connectivity index (χ0) is 15.1. The fourth-order valence-corrected chi connectivity index (χ4v) is 3.45. The minimum atomic E-state index is 0.138. The Kier molecular flexibility index (Phi) is 3.44. The third-order valence-corrected chi connectivity index (χ3v) is 4.71. The van der Waals surface area contributed by atoms with Crippen LogP contribution in [0.3, 0.4) is 0 Å². The lowest BCUT2D eigenvalue weighted by atomic mass is 10.0. The number of thiazole rings is 1. The molecule has 1 N–H and O–H groups in total. The van der Waals surface area contributed by atoms with Crippen molar-refractivity contribution in [3.8, 4) is 0 Å². The maximum absolute atomic E-state index is 4.67. The summed E-state index contributed by atoms with van der Waals surface area (Å²) < 4.78 is 5.03. The van der Waals surface area contributed by atoms with Gasteiger partial charge in [0.1, 0.15) is 5.82 Å². The summed E-state index contributed by atoms with van der Waals surface area (Å²) >= 11 is 1.65. The maximum Gasteiger partial charge on any atom is 0.186 e. The second kappa shape index (κ2) is 5.14. The van der Waals surface area contributed by atoms with Crippen molar-refractivity contribution >= 4 is 26.8 Å². The number of rotatable bonds is 4. The van der Waals surface area contributed by atoms with Gasteiger partial charge in [-0.3, -0.25) is 0 Å². The summed E-state index contributed by atoms with van der Waals surface area (Å²) in [6, 6.07) is 0.138. The third kappa shape index (κ3) is 2.42. The van der Waals surface area contributed by atoms with Crippen LogP contribution in [0.15, 0.2) is 12.4 Å². The molecule has 21 heavy (non-hydrogen) atoms. The molecule has 6 nitrogen and oxygen atoms in total. The highest BCUT2D eigenvalue weighted by Crippen LogP contribution is 2.32. The van der Waals surface area contributed by atoms with Crippen LogP contribution in [0.25, 0.3) is 10.3 Å². The SMILES string of the molecule is Cc1nn(C)c2nc(NC(c3nccn3C)C(C)C)sc12. The Morgan fingerprint density at radius 1 is 1.29 bits per heavy atom. The van der Waals surface area contributed by atoms with E-state index in [1.54, 1.807) is 11.3 Å². The number of aryl methyl sites for hydroxylation is 3. The first kappa shape index (κ1) is 14.1. The van der Waals surface area contributed by atoms with Crippen LogP contribution < -0.4 is 5.32 Å². The van der Waals surface area contributed by atoms with E-state index in [4.69, 9.17) is 0 Å². The molecule has 3 rings (SSSR count). The van der Waals surface area contributed by atoms with Crippen LogP contribution in [0, 0.1) is 12.8 Å². The first-order valence-electron chi connectivity index (χ1n) is 7.01. The van der Waals surface area contributed by atoms with E-state index in [-0.39, 0.29) is 6.04 Å². The molecule has 0 spiro atoms. The van der Waals surface area contributed by atoms with Crippen LogP contribution in [0.2, 0.25) is 0 Å². The number of aromatic nitrogens is 5. The van der Waals surface area contributed by atoms with E-state index in [1.807, 2.05) is 38.1 Å². The molecular weight excluding hydrogens is 284 g/mol. The van der Waals surface area contributed by atoms with E-state index >= 15 is 0 Å². The van der Waals surface area contributed by atoms with Crippen molar-refractivity contribution in [2.75, 3.05) is 5.32 Å². The van der Waals surface area contributed by atoms with Crippen LogP contribution in [0.4, 0.5) is 5.13 Å². The fourth-order valence-electron chi connectivity index (χ4n) is 2.49. The molecule has 1 atom stereocenters. The largest absolute Gasteiger partial charge is 0.351 e. The van der Waals surface area contributed by atoms with E-state index < -0.39 is 0 Å². The lowest BCUT2D eigenvalue weighted by Crippen LogP contribution is -2.20. The summed E-state index contributed by atoms with van der Waals surface area (Å²) in [5.74, 6) is 1.44. The number of imidazole rings is 1. The van der Waals surface area contributed by atoms with Crippen molar-refractivity contribution in [1.29, 1.82) is 0 Å². The molecule has 0 aliphatic carbocycles. The summed E-state index contributed by atoms with van der Waals surface area (Å²) in [6.07, 6.45) is 3.80. The van der Waals surface area contributed by atoms with Crippen LogP contribution in [0.5, 0.6) is 0 Å². The molecule has 0 fully saturated rings. The average molecular weight is 304 g/mol. The molecule has 7 heteroatoms. The molecule has 112 valence electrons. The topological polar surface area (TPSA) is 60.6 Å². The quantitative estimate of drug-likeness (QED) is 0.805. The van der Waals surface area contributed by atoms with Gasteiger partial charge < -0.3 is 9.88 Å². The van der Waals surface area contributed by atoms with Crippen LogP contribution in [0.1, 0.15) is 31.4 Å². The molecule has 0 aliphatic heterocycles. The zero-order valence-corrected chi connectivity index (χ0v) is 13.8. The van der Waals surface area contributed by atoms with Gasteiger partial charge in [0, 0.05) is 26.5 Å². The lowest BCUT2D eigenvalue weighted by molar-refractivity contribution is 0.508. The van der Waals surface area contributed by atoms with E-state index in [0.29, 0.717) is 5.92 Å². The smallest absolute Gasteiger partial charge is 0.186 e. The molecule has 3 aromatic rings.